The zero-order valence-electron chi connectivity index (χ0n) is 9.16. The summed E-state index contributed by atoms with van der Waals surface area (Å²) in [6.45, 7) is 2.23. The van der Waals surface area contributed by atoms with E-state index >= 15 is 0 Å². The highest BCUT2D eigenvalue weighted by atomic mass is 14.9. The molecular weight excluding hydrogens is 172 g/mol. The van der Waals surface area contributed by atoms with E-state index in [1.807, 2.05) is 19.4 Å². The molecule has 0 aromatic carbocycles. The van der Waals surface area contributed by atoms with E-state index in [1.165, 1.54) is 24.8 Å². The molecular formula is C12H20N2. The number of hydrogen-bond acceptors (Lipinski definition) is 2. The molecule has 0 spiro atoms. The monoisotopic (exact) mass is 192 g/mol. The largest absolute Gasteiger partial charge is 0.317 e. The lowest BCUT2D eigenvalue weighted by Gasteiger charge is -2.14. The van der Waals surface area contributed by atoms with Crippen molar-refractivity contribution in [1.29, 1.82) is 0 Å². The zero-order valence-corrected chi connectivity index (χ0v) is 9.16. The quantitative estimate of drug-likeness (QED) is 0.748. The third-order valence-electron chi connectivity index (χ3n) is 2.58. The van der Waals surface area contributed by atoms with Crippen molar-refractivity contribution in [2.24, 2.45) is 0 Å². The van der Waals surface area contributed by atoms with Gasteiger partial charge >= 0.3 is 0 Å². The SMILES string of the molecule is CCCC(CCc1ccncc1)NC. The summed E-state index contributed by atoms with van der Waals surface area (Å²) in [5.41, 5.74) is 1.39. The van der Waals surface area contributed by atoms with Gasteiger partial charge in [-0.05, 0) is 44.0 Å². The second kappa shape index (κ2) is 6.55. The van der Waals surface area contributed by atoms with E-state index in [9.17, 15) is 0 Å². The molecule has 0 bridgehead atoms. The first kappa shape index (κ1) is 11.2. The van der Waals surface area contributed by atoms with Crippen LogP contribution in [0.15, 0.2) is 24.5 Å². The molecule has 0 saturated carbocycles. The van der Waals surface area contributed by atoms with Gasteiger partial charge in [0.1, 0.15) is 0 Å². The smallest absolute Gasteiger partial charge is 0.0270 e. The Balaban J connectivity index is 2.32. The van der Waals surface area contributed by atoms with E-state index < -0.39 is 0 Å². The van der Waals surface area contributed by atoms with Crippen molar-refractivity contribution in [1.82, 2.24) is 10.3 Å². The molecule has 0 aliphatic rings. The predicted molar refractivity (Wildman–Crippen MR) is 60.3 cm³/mol. The molecule has 1 atom stereocenters. The van der Waals surface area contributed by atoms with Crippen LogP contribution in [0.2, 0.25) is 0 Å². The van der Waals surface area contributed by atoms with E-state index in [-0.39, 0.29) is 0 Å². The number of aromatic nitrogens is 1. The zero-order chi connectivity index (χ0) is 10.2. The number of nitrogens with one attached hydrogen (secondary N) is 1. The topological polar surface area (TPSA) is 24.9 Å². The average molecular weight is 192 g/mol. The van der Waals surface area contributed by atoms with Gasteiger partial charge in [-0.15, -0.1) is 0 Å². The fourth-order valence-electron chi connectivity index (χ4n) is 1.67. The highest BCUT2D eigenvalue weighted by molar-refractivity contribution is 5.09. The summed E-state index contributed by atoms with van der Waals surface area (Å²) in [7, 11) is 2.05. The molecule has 1 unspecified atom stereocenters. The summed E-state index contributed by atoms with van der Waals surface area (Å²) in [6.07, 6.45) is 8.61. The molecule has 2 nitrogen and oxygen atoms in total. The minimum absolute atomic E-state index is 0.660. The van der Waals surface area contributed by atoms with Gasteiger partial charge in [0.2, 0.25) is 0 Å². The van der Waals surface area contributed by atoms with Gasteiger partial charge in [0.25, 0.3) is 0 Å². The molecule has 0 aliphatic heterocycles. The van der Waals surface area contributed by atoms with E-state index in [1.54, 1.807) is 0 Å². The van der Waals surface area contributed by atoms with Crippen LogP contribution in [-0.2, 0) is 6.42 Å². The normalized spacial score (nSPS) is 12.7. The second-order valence-electron chi connectivity index (χ2n) is 3.67. The van der Waals surface area contributed by atoms with E-state index in [0.717, 1.165) is 6.42 Å². The summed E-state index contributed by atoms with van der Waals surface area (Å²) in [4.78, 5) is 4.01. The summed E-state index contributed by atoms with van der Waals surface area (Å²) in [6, 6.07) is 4.85. The molecule has 0 saturated heterocycles. The van der Waals surface area contributed by atoms with Crippen LogP contribution in [-0.4, -0.2) is 18.1 Å². The first-order valence-electron chi connectivity index (χ1n) is 5.43. The Labute approximate surface area is 86.8 Å². The van der Waals surface area contributed by atoms with Crippen molar-refractivity contribution in [3.05, 3.63) is 30.1 Å². The fraction of sp³-hybridized carbons (Fsp3) is 0.583. The molecule has 1 rings (SSSR count). The molecule has 0 aliphatic carbocycles. The maximum absolute atomic E-state index is 4.01. The maximum atomic E-state index is 4.01. The minimum atomic E-state index is 0.660. The molecule has 0 fully saturated rings. The van der Waals surface area contributed by atoms with Crippen LogP contribution in [0.5, 0.6) is 0 Å². The average Bonchev–Trinajstić information content (AvgIpc) is 2.25. The van der Waals surface area contributed by atoms with Gasteiger partial charge in [-0.3, -0.25) is 4.98 Å². The van der Waals surface area contributed by atoms with Gasteiger partial charge < -0.3 is 5.32 Å². The van der Waals surface area contributed by atoms with Crippen LogP contribution >= 0.6 is 0 Å². The molecule has 1 aromatic heterocycles. The standard InChI is InChI=1S/C12H20N2/c1-3-4-12(13-2)6-5-11-7-9-14-10-8-11/h7-10,12-13H,3-6H2,1-2H3. The summed E-state index contributed by atoms with van der Waals surface area (Å²) in [5.74, 6) is 0. The molecule has 2 heteroatoms. The Morgan fingerprint density at radius 2 is 2.00 bits per heavy atom. The van der Waals surface area contributed by atoms with Gasteiger partial charge in [0.05, 0.1) is 0 Å². The van der Waals surface area contributed by atoms with E-state index in [4.69, 9.17) is 0 Å². The van der Waals surface area contributed by atoms with Crippen LogP contribution in [0.3, 0.4) is 0 Å². The molecule has 1 N–H and O–H groups in total. The third-order valence-corrected chi connectivity index (χ3v) is 2.58. The molecule has 14 heavy (non-hydrogen) atoms. The van der Waals surface area contributed by atoms with Gasteiger partial charge in [-0.2, -0.15) is 0 Å². The van der Waals surface area contributed by atoms with Gasteiger partial charge in [0, 0.05) is 18.4 Å². The molecule has 78 valence electrons. The lowest BCUT2D eigenvalue weighted by atomic mass is 10.0. The van der Waals surface area contributed by atoms with Crippen LogP contribution in [0.25, 0.3) is 0 Å². The van der Waals surface area contributed by atoms with Crippen molar-refractivity contribution in [2.45, 2.75) is 38.6 Å². The number of rotatable bonds is 6. The van der Waals surface area contributed by atoms with Crippen LogP contribution in [0.4, 0.5) is 0 Å². The maximum Gasteiger partial charge on any atom is 0.0270 e. The Morgan fingerprint density at radius 1 is 1.29 bits per heavy atom. The van der Waals surface area contributed by atoms with Crippen molar-refractivity contribution < 1.29 is 0 Å². The summed E-state index contributed by atoms with van der Waals surface area (Å²) >= 11 is 0. The van der Waals surface area contributed by atoms with Gasteiger partial charge in [0.15, 0.2) is 0 Å². The molecule has 0 amide bonds. The molecule has 1 aromatic rings. The van der Waals surface area contributed by atoms with Crippen LogP contribution < -0.4 is 5.32 Å². The minimum Gasteiger partial charge on any atom is -0.317 e. The Hall–Kier alpha value is -0.890. The summed E-state index contributed by atoms with van der Waals surface area (Å²) in [5, 5.41) is 3.36. The highest BCUT2D eigenvalue weighted by Gasteiger charge is 2.04. The van der Waals surface area contributed by atoms with E-state index in [2.05, 4.69) is 29.4 Å². The molecule has 0 radical (unpaired) electrons. The molecule has 1 heterocycles. The lowest BCUT2D eigenvalue weighted by Crippen LogP contribution is -2.25. The summed E-state index contributed by atoms with van der Waals surface area (Å²) < 4.78 is 0. The van der Waals surface area contributed by atoms with Crippen molar-refractivity contribution in [2.75, 3.05) is 7.05 Å². The van der Waals surface area contributed by atoms with Crippen molar-refractivity contribution in [3.8, 4) is 0 Å². The predicted octanol–water partition coefficient (Wildman–Crippen LogP) is 2.40. The third kappa shape index (κ3) is 3.88. The first-order valence-corrected chi connectivity index (χ1v) is 5.43. The Morgan fingerprint density at radius 3 is 2.57 bits per heavy atom. The van der Waals surface area contributed by atoms with Crippen molar-refractivity contribution >= 4 is 0 Å². The Bertz CT molecular complexity index is 233. The number of nitrogens with zero attached hydrogens (tertiary/aromatic N) is 1. The fourth-order valence-corrected chi connectivity index (χ4v) is 1.67. The second-order valence-corrected chi connectivity index (χ2v) is 3.67. The van der Waals surface area contributed by atoms with Crippen LogP contribution in [0.1, 0.15) is 31.7 Å². The number of aryl methyl sites for hydroxylation is 1. The Kier molecular flexibility index (Phi) is 5.23. The van der Waals surface area contributed by atoms with Gasteiger partial charge in [-0.1, -0.05) is 13.3 Å². The van der Waals surface area contributed by atoms with Crippen molar-refractivity contribution in [3.63, 3.8) is 0 Å². The van der Waals surface area contributed by atoms with Crippen LogP contribution in [0, 0.1) is 0 Å². The van der Waals surface area contributed by atoms with E-state index in [0.29, 0.717) is 6.04 Å². The van der Waals surface area contributed by atoms with Gasteiger partial charge in [-0.25, -0.2) is 0 Å². The lowest BCUT2D eigenvalue weighted by molar-refractivity contribution is 0.484. The first-order chi connectivity index (χ1) is 6.86. The number of hydrogen-bond donors (Lipinski definition) is 1. The highest BCUT2D eigenvalue weighted by Crippen LogP contribution is 2.07. The number of pyridine rings is 1.